The topological polar surface area (TPSA) is 102 Å². The average molecular weight is 524 g/mol. The largest absolute Gasteiger partial charge is 0.486 e. The SMILES string of the molecule is O=C(O)COc1ccc(C2C(SCC(=O)c3ccc4c(c3)OCCO4)C(=O)N2c2ccc(F)cc2)cc1. The fourth-order valence-corrected chi connectivity index (χ4v) is 5.43. The molecule has 0 saturated carbocycles. The molecule has 10 heteroatoms. The van der Waals surface area contributed by atoms with Crippen molar-refractivity contribution in [1.82, 2.24) is 0 Å². The van der Waals surface area contributed by atoms with Gasteiger partial charge in [-0.15, -0.1) is 11.8 Å². The number of aliphatic carboxylic acids is 1. The number of benzene rings is 3. The van der Waals surface area contributed by atoms with Gasteiger partial charge in [-0.3, -0.25) is 9.59 Å². The molecule has 8 nitrogen and oxygen atoms in total. The van der Waals surface area contributed by atoms with Crippen LogP contribution in [0.3, 0.4) is 0 Å². The molecule has 1 fully saturated rings. The second-order valence-electron chi connectivity index (χ2n) is 8.39. The lowest BCUT2D eigenvalue weighted by molar-refractivity contribution is -0.139. The Bertz CT molecular complexity index is 1330. The van der Waals surface area contributed by atoms with Crippen molar-refractivity contribution < 1.29 is 38.1 Å². The van der Waals surface area contributed by atoms with E-state index in [1.807, 2.05) is 0 Å². The highest BCUT2D eigenvalue weighted by molar-refractivity contribution is 8.01. The van der Waals surface area contributed by atoms with Crippen LogP contribution in [0.4, 0.5) is 10.1 Å². The third-order valence-corrected chi connectivity index (χ3v) is 7.24. The van der Waals surface area contributed by atoms with Crippen LogP contribution in [0.2, 0.25) is 0 Å². The Balaban J connectivity index is 1.34. The first kappa shape index (κ1) is 24.6. The van der Waals surface area contributed by atoms with E-state index in [2.05, 4.69) is 0 Å². The molecule has 2 unspecified atom stereocenters. The van der Waals surface area contributed by atoms with Crippen LogP contribution in [0.15, 0.2) is 66.7 Å². The summed E-state index contributed by atoms with van der Waals surface area (Å²) >= 11 is 1.24. The number of thioether (sulfide) groups is 1. The van der Waals surface area contributed by atoms with Gasteiger partial charge < -0.3 is 24.2 Å². The molecule has 2 aliphatic rings. The van der Waals surface area contributed by atoms with Crippen molar-refractivity contribution in [2.45, 2.75) is 11.3 Å². The predicted octanol–water partition coefficient (Wildman–Crippen LogP) is 4.13. The maximum Gasteiger partial charge on any atom is 0.341 e. The number of hydrogen-bond donors (Lipinski definition) is 1. The van der Waals surface area contributed by atoms with Gasteiger partial charge in [-0.2, -0.15) is 0 Å². The van der Waals surface area contributed by atoms with Crippen LogP contribution in [0, 0.1) is 5.82 Å². The van der Waals surface area contributed by atoms with Crippen LogP contribution in [-0.4, -0.2) is 53.6 Å². The summed E-state index contributed by atoms with van der Waals surface area (Å²) in [4.78, 5) is 38.5. The number of carboxylic acid groups (broad SMARTS) is 1. The van der Waals surface area contributed by atoms with Crippen molar-refractivity contribution in [2.75, 3.05) is 30.5 Å². The minimum atomic E-state index is -1.09. The standard InChI is InChI=1S/C27H22FNO7S/c28-18-4-6-19(7-5-18)29-25(16-1-8-20(9-2-16)36-14-24(31)32)26(27(29)33)37-15-21(30)17-3-10-22-23(13-17)35-12-11-34-22/h1-10,13,25-26H,11-12,14-15H2,(H,31,32). The number of nitrogens with zero attached hydrogens (tertiary/aromatic N) is 1. The molecule has 0 aliphatic carbocycles. The van der Waals surface area contributed by atoms with Crippen LogP contribution in [0.1, 0.15) is 22.0 Å². The van der Waals surface area contributed by atoms with E-state index in [-0.39, 0.29) is 17.4 Å². The van der Waals surface area contributed by atoms with Crippen LogP contribution < -0.4 is 19.1 Å². The summed E-state index contributed by atoms with van der Waals surface area (Å²) in [6.45, 7) is 0.402. The number of Topliss-reactive ketones (excluding diaryl/α,β-unsaturated/α-hetero) is 1. The number of carboxylic acids is 1. The quantitative estimate of drug-likeness (QED) is 0.330. The number of amides is 1. The number of anilines is 1. The van der Waals surface area contributed by atoms with Crippen molar-refractivity contribution in [3.8, 4) is 17.2 Å². The van der Waals surface area contributed by atoms with E-state index in [4.69, 9.17) is 19.3 Å². The first-order chi connectivity index (χ1) is 17.9. The fraction of sp³-hybridized carbons (Fsp3) is 0.222. The van der Waals surface area contributed by atoms with Gasteiger partial charge >= 0.3 is 5.97 Å². The Morgan fingerprint density at radius 3 is 2.41 bits per heavy atom. The molecule has 37 heavy (non-hydrogen) atoms. The van der Waals surface area contributed by atoms with Gasteiger partial charge in [0.05, 0.1) is 11.8 Å². The average Bonchev–Trinajstić information content (AvgIpc) is 2.91. The molecule has 5 rings (SSSR count). The highest BCUT2D eigenvalue weighted by atomic mass is 32.2. The number of fused-ring (bicyclic) bond motifs is 1. The molecule has 1 N–H and O–H groups in total. The number of β-lactam (4-membered cyclic amide) rings is 1. The smallest absolute Gasteiger partial charge is 0.341 e. The maximum atomic E-state index is 13.5. The van der Waals surface area contributed by atoms with Gasteiger partial charge in [-0.05, 0) is 60.2 Å². The van der Waals surface area contributed by atoms with E-state index < -0.39 is 29.7 Å². The lowest BCUT2D eigenvalue weighted by Gasteiger charge is -2.47. The summed E-state index contributed by atoms with van der Waals surface area (Å²) in [6.07, 6.45) is 0. The number of carbonyl (C=O) groups excluding carboxylic acids is 2. The van der Waals surface area contributed by atoms with E-state index in [0.717, 1.165) is 5.56 Å². The lowest BCUT2D eigenvalue weighted by atomic mass is 9.92. The first-order valence-electron chi connectivity index (χ1n) is 11.5. The maximum absolute atomic E-state index is 13.5. The second-order valence-corrected chi connectivity index (χ2v) is 9.52. The normalized spacial score (nSPS) is 18.2. The molecule has 0 aromatic heterocycles. The molecule has 0 radical (unpaired) electrons. The van der Waals surface area contributed by atoms with Gasteiger partial charge in [-0.1, -0.05) is 12.1 Å². The summed E-state index contributed by atoms with van der Waals surface area (Å²) in [5, 5.41) is 8.27. The molecule has 2 atom stereocenters. The summed E-state index contributed by atoms with van der Waals surface area (Å²) in [5.74, 6) is -0.275. The van der Waals surface area contributed by atoms with Gasteiger partial charge in [0.1, 0.15) is 30.0 Å². The molecule has 0 bridgehead atoms. The lowest BCUT2D eigenvalue weighted by Crippen LogP contribution is -2.57. The number of ether oxygens (including phenoxy) is 3. The Kier molecular flexibility index (Phi) is 7.00. The molecule has 1 amide bonds. The third-order valence-electron chi connectivity index (χ3n) is 5.99. The zero-order valence-electron chi connectivity index (χ0n) is 19.5. The summed E-state index contributed by atoms with van der Waals surface area (Å²) < 4.78 is 29.8. The molecule has 3 aromatic carbocycles. The molecule has 190 valence electrons. The van der Waals surface area contributed by atoms with Gasteiger partial charge in [-0.25, -0.2) is 9.18 Å². The van der Waals surface area contributed by atoms with Gasteiger partial charge in [0, 0.05) is 11.3 Å². The second kappa shape index (κ2) is 10.5. The third kappa shape index (κ3) is 5.24. The van der Waals surface area contributed by atoms with Gasteiger partial charge in [0.2, 0.25) is 5.91 Å². The Morgan fingerprint density at radius 1 is 1.00 bits per heavy atom. The van der Waals surface area contributed by atoms with Crippen LogP contribution in [0.5, 0.6) is 17.2 Å². The highest BCUT2D eigenvalue weighted by Gasteiger charge is 2.49. The van der Waals surface area contributed by atoms with Crippen LogP contribution in [-0.2, 0) is 9.59 Å². The van der Waals surface area contributed by atoms with Gasteiger partial charge in [0.15, 0.2) is 23.9 Å². The molecular formula is C27H22FNO7S. The monoisotopic (exact) mass is 523 g/mol. The van der Waals surface area contributed by atoms with Crippen molar-refractivity contribution in [3.63, 3.8) is 0 Å². The van der Waals surface area contributed by atoms with Gasteiger partial charge in [0.25, 0.3) is 0 Å². The van der Waals surface area contributed by atoms with Crippen molar-refractivity contribution in [2.24, 2.45) is 0 Å². The Hall–Kier alpha value is -4.05. The van der Waals surface area contributed by atoms with Crippen LogP contribution >= 0.6 is 11.8 Å². The Labute approximate surface area is 215 Å². The minimum Gasteiger partial charge on any atom is -0.486 e. The van der Waals surface area contributed by atoms with E-state index in [1.165, 1.54) is 36.0 Å². The molecule has 0 spiro atoms. The van der Waals surface area contributed by atoms with Crippen LogP contribution in [0.25, 0.3) is 0 Å². The number of hydrogen-bond acceptors (Lipinski definition) is 7. The van der Waals surface area contributed by atoms with Crippen molar-refractivity contribution >= 4 is 35.1 Å². The van der Waals surface area contributed by atoms with E-state index in [0.29, 0.717) is 41.7 Å². The van der Waals surface area contributed by atoms with E-state index >= 15 is 0 Å². The Morgan fingerprint density at radius 2 is 1.70 bits per heavy atom. The molecule has 2 heterocycles. The molecule has 3 aromatic rings. The molecule has 2 aliphatic heterocycles. The first-order valence-corrected chi connectivity index (χ1v) is 12.5. The number of carbonyl (C=O) groups is 3. The number of ketones is 1. The van der Waals surface area contributed by atoms with Crippen molar-refractivity contribution in [1.29, 1.82) is 0 Å². The fourth-order valence-electron chi connectivity index (χ4n) is 4.21. The number of rotatable bonds is 9. The molecular weight excluding hydrogens is 501 g/mol. The molecule has 1 saturated heterocycles. The summed E-state index contributed by atoms with van der Waals surface area (Å²) in [7, 11) is 0. The minimum absolute atomic E-state index is 0.0730. The highest BCUT2D eigenvalue weighted by Crippen LogP contribution is 2.45. The predicted molar refractivity (Wildman–Crippen MR) is 134 cm³/mol. The zero-order chi connectivity index (χ0) is 25.9. The number of halogens is 1. The zero-order valence-corrected chi connectivity index (χ0v) is 20.3. The summed E-state index contributed by atoms with van der Waals surface area (Å²) in [6, 6.07) is 17.0. The van der Waals surface area contributed by atoms with Crippen molar-refractivity contribution in [3.05, 3.63) is 83.7 Å². The summed E-state index contributed by atoms with van der Waals surface area (Å²) in [5.41, 5.74) is 1.78. The van der Waals surface area contributed by atoms with E-state index in [9.17, 15) is 18.8 Å². The van der Waals surface area contributed by atoms with E-state index in [1.54, 1.807) is 47.4 Å².